The normalized spacial score (nSPS) is 20.6. The largest absolute Gasteiger partial charge is 0.374 e. The third-order valence-corrected chi connectivity index (χ3v) is 6.25. The molecule has 1 heterocycles. The monoisotopic (exact) mass is 360 g/mol. The van der Waals surface area contributed by atoms with Crippen LogP contribution in [0.1, 0.15) is 50.3 Å². The minimum absolute atomic E-state index is 0.108. The highest BCUT2D eigenvalue weighted by atomic mass is 79.9. The summed E-state index contributed by atoms with van der Waals surface area (Å²) < 4.78 is 7.42. The zero-order valence-electron chi connectivity index (χ0n) is 12.2. The number of hydrogen-bond donors (Lipinski definition) is 2. The number of hydrazine groups is 1. The van der Waals surface area contributed by atoms with Gasteiger partial charge in [-0.3, -0.25) is 11.3 Å². The molecule has 3 nitrogen and oxygen atoms in total. The van der Waals surface area contributed by atoms with E-state index in [0.29, 0.717) is 0 Å². The van der Waals surface area contributed by atoms with Gasteiger partial charge in [-0.05, 0) is 47.1 Å². The summed E-state index contributed by atoms with van der Waals surface area (Å²) in [6.07, 6.45) is 8.25. The second kappa shape index (κ2) is 7.90. The molecule has 114 valence electrons. The summed E-state index contributed by atoms with van der Waals surface area (Å²) in [5.41, 5.74) is 2.94. The Morgan fingerprint density at radius 1 is 1.40 bits per heavy atom. The summed E-state index contributed by atoms with van der Waals surface area (Å²) >= 11 is 5.40. The molecule has 2 rings (SSSR count). The molecule has 3 N–H and O–H groups in total. The Hall–Kier alpha value is 0.0600. The van der Waals surface area contributed by atoms with Crippen molar-refractivity contribution in [3.05, 3.63) is 20.8 Å². The smallest absolute Gasteiger partial charge is 0.0851 e. The molecule has 1 atom stereocenters. The van der Waals surface area contributed by atoms with Gasteiger partial charge in [0.25, 0.3) is 0 Å². The lowest BCUT2D eigenvalue weighted by Gasteiger charge is -2.40. The van der Waals surface area contributed by atoms with Crippen LogP contribution in [-0.4, -0.2) is 18.2 Å². The lowest BCUT2D eigenvalue weighted by Crippen LogP contribution is -2.56. The topological polar surface area (TPSA) is 47.3 Å². The van der Waals surface area contributed by atoms with Crippen LogP contribution in [0.15, 0.2) is 15.9 Å². The Kier molecular flexibility index (Phi) is 6.49. The van der Waals surface area contributed by atoms with E-state index in [1.165, 1.54) is 35.0 Å². The van der Waals surface area contributed by atoms with E-state index in [2.05, 4.69) is 39.7 Å². The number of nitrogens with one attached hydrogen (secondary N) is 1. The molecular weight excluding hydrogens is 336 g/mol. The van der Waals surface area contributed by atoms with Crippen molar-refractivity contribution in [2.75, 3.05) is 6.61 Å². The number of hydrogen-bond acceptors (Lipinski definition) is 4. The summed E-state index contributed by atoms with van der Waals surface area (Å²) in [7, 11) is 0. The average Bonchev–Trinajstić information content (AvgIpc) is 2.71. The van der Waals surface area contributed by atoms with Crippen molar-refractivity contribution in [2.45, 2.75) is 63.5 Å². The van der Waals surface area contributed by atoms with Gasteiger partial charge in [-0.15, -0.1) is 11.3 Å². The Balaban J connectivity index is 2.17. The maximum absolute atomic E-state index is 6.24. The standard InChI is InChI=1S/C15H25BrN2OS/c1-2-19-15(8-5-3-4-6-9-15)14(18-17)11-13-12(16)7-10-20-13/h7,10,14,18H,2-6,8-9,11,17H2,1H3. The fraction of sp³-hybridized carbons (Fsp3) is 0.733. The summed E-state index contributed by atoms with van der Waals surface area (Å²) in [5, 5.41) is 2.12. The van der Waals surface area contributed by atoms with Gasteiger partial charge in [0.05, 0.1) is 11.6 Å². The molecule has 0 amide bonds. The van der Waals surface area contributed by atoms with Crippen LogP contribution >= 0.6 is 27.3 Å². The van der Waals surface area contributed by atoms with E-state index in [1.54, 1.807) is 11.3 Å². The zero-order chi connectivity index (χ0) is 14.4. The zero-order valence-corrected chi connectivity index (χ0v) is 14.6. The number of nitrogens with two attached hydrogens (primary N) is 1. The molecule has 1 aliphatic rings. The van der Waals surface area contributed by atoms with E-state index in [-0.39, 0.29) is 11.6 Å². The van der Waals surface area contributed by atoms with Gasteiger partial charge in [-0.2, -0.15) is 0 Å². The summed E-state index contributed by atoms with van der Waals surface area (Å²) in [6, 6.07) is 2.28. The summed E-state index contributed by atoms with van der Waals surface area (Å²) in [5.74, 6) is 5.90. The predicted octanol–water partition coefficient (Wildman–Crippen LogP) is 4.01. The van der Waals surface area contributed by atoms with Crippen LogP contribution < -0.4 is 11.3 Å². The van der Waals surface area contributed by atoms with E-state index < -0.39 is 0 Å². The van der Waals surface area contributed by atoms with Crippen LogP contribution in [0.2, 0.25) is 0 Å². The highest BCUT2D eigenvalue weighted by Crippen LogP contribution is 2.36. The number of ether oxygens (including phenoxy) is 1. The quantitative estimate of drug-likeness (QED) is 0.457. The fourth-order valence-corrected chi connectivity index (χ4v) is 4.82. The first-order chi connectivity index (χ1) is 9.72. The van der Waals surface area contributed by atoms with Gasteiger partial charge >= 0.3 is 0 Å². The molecule has 0 radical (unpaired) electrons. The van der Waals surface area contributed by atoms with Crippen LogP contribution in [0.5, 0.6) is 0 Å². The van der Waals surface area contributed by atoms with E-state index in [1.807, 2.05) is 0 Å². The number of rotatable bonds is 6. The van der Waals surface area contributed by atoms with E-state index >= 15 is 0 Å². The van der Waals surface area contributed by atoms with Gasteiger partial charge in [0, 0.05) is 22.4 Å². The Morgan fingerprint density at radius 2 is 2.10 bits per heavy atom. The van der Waals surface area contributed by atoms with Crippen molar-refractivity contribution >= 4 is 27.3 Å². The minimum Gasteiger partial charge on any atom is -0.374 e. The molecule has 0 aliphatic heterocycles. The molecule has 20 heavy (non-hydrogen) atoms. The van der Waals surface area contributed by atoms with Crippen LogP contribution in [0.4, 0.5) is 0 Å². The predicted molar refractivity (Wildman–Crippen MR) is 88.9 cm³/mol. The molecule has 1 aliphatic carbocycles. The van der Waals surface area contributed by atoms with Gasteiger partial charge in [0.1, 0.15) is 0 Å². The van der Waals surface area contributed by atoms with Crippen LogP contribution in [0, 0.1) is 0 Å². The highest BCUT2D eigenvalue weighted by Gasteiger charge is 2.39. The van der Waals surface area contributed by atoms with Crippen molar-refractivity contribution in [3.8, 4) is 0 Å². The third-order valence-electron chi connectivity index (χ3n) is 4.30. The van der Waals surface area contributed by atoms with Gasteiger partial charge in [0.15, 0.2) is 0 Å². The Bertz CT molecular complexity index is 402. The van der Waals surface area contributed by atoms with Crippen LogP contribution in [-0.2, 0) is 11.2 Å². The molecule has 5 heteroatoms. The fourth-order valence-electron chi connectivity index (χ4n) is 3.26. The molecule has 0 bridgehead atoms. The van der Waals surface area contributed by atoms with Gasteiger partial charge < -0.3 is 4.74 Å². The first-order valence-corrected chi connectivity index (χ1v) is 9.21. The molecule has 1 unspecified atom stereocenters. The molecular formula is C15H25BrN2OS. The lowest BCUT2D eigenvalue weighted by atomic mass is 9.84. The third kappa shape index (κ3) is 3.83. The van der Waals surface area contributed by atoms with E-state index in [4.69, 9.17) is 10.6 Å². The van der Waals surface area contributed by atoms with Crippen LogP contribution in [0.3, 0.4) is 0 Å². The second-order valence-electron chi connectivity index (χ2n) is 5.53. The second-order valence-corrected chi connectivity index (χ2v) is 7.38. The lowest BCUT2D eigenvalue weighted by molar-refractivity contribution is -0.0766. The van der Waals surface area contributed by atoms with Crippen molar-refractivity contribution in [3.63, 3.8) is 0 Å². The molecule has 1 aromatic heterocycles. The molecule has 0 saturated heterocycles. The molecule has 1 saturated carbocycles. The number of thiophene rings is 1. The van der Waals surface area contributed by atoms with Gasteiger partial charge in [0.2, 0.25) is 0 Å². The van der Waals surface area contributed by atoms with Crippen molar-refractivity contribution < 1.29 is 4.74 Å². The highest BCUT2D eigenvalue weighted by molar-refractivity contribution is 9.10. The molecule has 1 aromatic rings. The first-order valence-electron chi connectivity index (χ1n) is 7.54. The van der Waals surface area contributed by atoms with Crippen molar-refractivity contribution in [1.29, 1.82) is 0 Å². The summed E-state index contributed by atoms with van der Waals surface area (Å²) in [4.78, 5) is 1.34. The maximum atomic E-state index is 6.24. The van der Waals surface area contributed by atoms with Gasteiger partial charge in [-0.1, -0.05) is 25.7 Å². The van der Waals surface area contributed by atoms with Crippen molar-refractivity contribution in [2.24, 2.45) is 5.84 Å². The Labute approximate surface area is 134 Å². The van der Waals surface area contributed by atoms with E-state index in [9.17, 15) is 0 Å². The van der Waals surface area contributed by atoms with Crippen molar-refractivity contribution in [1.82, 2.24) is 5.43 Å². The first kappa shape index (κ1) is 16.4. The summed E-state index contributed by atoms with van der Waals surface area (Å²) in [6.45, 7) is 2.84. The van der Waals surface area contributed by atoms with Gasteiger partial charge in [-0.25, -0.2) is 0 Å². The SMILES string of the molecule is CCOC1(C(Cc2sccc2Br)NN)CCCCCC1. The van der Waals surface area contributed by atoms with Crippen LogP contribution in [0.25, 0.3) is 0 Å². The number of halogens is 1. The molecule has 1 fully saturated rings. The molecule has 0 spiro atoms. The molecule has 0 aromatic carbocycles. The average molecular weight is 361 g/mol. The Morgan fingerprint density at radius 3 is 2.60 bits per heavy atom. The van der Waals surface area contributed by atoms with E-state index in [0.717, 1.165) is 25.9 Å². The minimum atomic E-state index is -0.108. The maximum Gasteiger partial charge on any atom is 0.0851 e.